The number of rotatable bonds is 4. The van der Waals surface area contributed by atoms with Crippen LogP contribution in [0.25, 0.3) is 0 Å². The van der Waals surface area contributed by atoms with Gasteiger partial charge in [0.2, 0.25) is 0 Å². The highest BCUT2D eigenvalue weighted by atomic mass is 79.9. The Kier molecular flexibility index (Phi) is 5.28. The predicted molar refractivity (Wildman–Crippen MR) is 97.1 cm³/mol. The number of hydrogen-bond acceptors (Lipinski definition) is 3. The lowest BCUT2D eigenvalue weighted by Crippen LogP contribution is -2.14. The Morgan fingerprint density at radius 1 is 1.04 bits per heavy atom. The number of esters is 1. The van der Waals surface area contributed by atoms with Gasteiger partial charge < -0.3 is 4.74 Å². The van der Waals surface area contributed by atoms with E-state index in [1.807, 2.05) is 48.5 Å². The number of nitrogens with zero attached hydrogens (tertiary/aromatic N) is 1. The van der Waals surface area contributed by atoms with Gasteiger partial charge in [0, 0.05) is 10.7 Å². The molecule has 0 bridgehead atoms. The minimum Gasteiger partial charge on any atom is -0.447 e. The van der Waals surface area contributed by atoms with Crippen LogP contribution in [-0.2, 0) is 4.74 Å². The summed E-state index contributed by atoms with van der Waals surface area (Å²) in [5.41, 5.74) is 1.81. The fourth-order valence-electron chi connectivity index (χ4n) is 2.28. The summed E-state index contributed by atoms with van der Waals surface area (Å²) in [5, 5.41) is 0.344. The molecule has 3 nitrogen and oxygen atoms in total. The number of carbonyl (C=O) groups is 1. The molecule has 1 unspecified atom stereocenters. The molecular weight excluding hydrogens is 390 g/mol. The third-order valence-electron chi connectivity index (χ3n) is 3.43. The molecule has 120 valence electrons. The van der Waals surface area contributed by atoms with Gasteiger partial charge >= 0.3 is 5.97 Å². The first-order valence-corrected chi connectivity index (χ1v) is 8.44. The van der Waals surface area contributed by atoms with Crippen molar-refractivity contribution >= 4 is 33.5 Å². The normalized spacial score (nSPS) is 11.8. The van der Waals surface area contributed by atoms with Crippen LogP contribution in [0.1, 0.15) is 27.7 Å². The molecule has 0 saturated heterocycles. The van der Waals surface area contributed by atoms with E-state index >= 15 is 0 Å². The van der Waals surface area contributed by atoms with Crippen molar-refractivity contribution in [1.29, 1.82) is 0 Å². The quantitative estimate of drug-likeness (QED) is 0.545. The van der Waals surface area contributed by atoms with Gasteiger partial charge in [0.05, 0.1) is 16.3 Å². The van der Waals surface area contributed by atoms with Gasteiger partial charge in [-0.1, -0.05) is 63.9 Å². The van der Waals surface area contributed by atoms with E-state index in [9.17, 15) is 4.79 Å². The molecule has 3 aromatic rings. The van der Waals surface area contributed by atoms with E-state index in [2.05, 4.69) is 20.9 Å². The summed E-state index contributed by atoms with van der Waals surface area (Å²) in [6.45, 7) is 0. The van der Waals surface area contributed by atoms with Crippen molar-refractivity contribution < 1.29 is 9.53 Å². The summed E-state index contributed by atoms with van der Waals surface area (Å²) in [6.07, 6.45) is 1.07. The minimum absolute atomic E-state index is 0.308. The Balaban J connectivity index is 1.95. The second-order valence-electron chi connectivity index (χ2n) is 5.07. The van der Waals surface area contributed by atoms with E-state index in [-0.39, 0.29) is 0 Å². The molecule has 1 heterocycles. The van der Waals surface area contributed by atoms with E-state index in [0.717, 1.165) is 10.0 Å². The zero-order valence-corrected chi connectivity index (χ0v) is 14.9. The van der Waals surface area contributed by atoms with Crippen LogP contribution >= 0.6 is 27.5 Å². The lowest BCUT2D eigenvalue weighted by Gasteiger charge is -2.18. The first-order valence-electron chi connectivity index (χ1n) is 7.27. The number of pyridine rings is 1. The van der Waals surface area contributed by atoms with Crippen molar-refractivity contribution in [2.24, 2.45) is 0 Å². The molecule has 24 heavy (non-hydrogen) atoms. The predicted octanol–water partition coefficient (Wildman–Crippen LogP) is 5.44. The van der Waals surface area contributed by atoms with E-state index < -0.39 is 12.1 Å². The third-order valence-corrected chi connectivity index (χ3v) is 4.25. The van der Waals surface area contributed by atoms with Gasteiger partial charge in [0.25, 0.3) is 0 Å². The average Bonchev–Trinajstić information content (AvgIpc) is 2.63. The summed E-state index contributed by atoms with van der Waals surface area (Å²) in [7, 11) is 0. The second kappa shape index (κ2) is 7.60. The Bertz CT molecular complexity index is 801. The van der Waals surface area contributed by atoms with Gasteiger partial charge in [-0.25, -0.2) is 4.79 Å². The summed E-state index contributed by atoms with van der Waals surface area (Å²) >= 11 is 9.47. The van der Waals surface area contributed by atoms with Crippen LogP contribution < -0.4 is 0 Å². The van der Waals surface area contributed by atoms with Crippen LogP contribution in [0.3, 0.4) is 0 Å². The molecule has 1 atom stereocenters. The summed E-state index contributed by atoms with van der Waals surface area (Å²) in [6, 6.07) is 20.1. The molecule has 0 saturated carbocycles. The molecule has 3 rings (SSSR count). The molecule has 0 spiro atoms. The molecule has 1 aromatic heterocycles. The zero-order chi connectivity index (χ0) is 16.9. The van der Waals surface area contributed by atoms with Crippen molar-refractivity contribution in [3.8, 4) is 0 Å². The molecule has 0 N–H and O–H groups in total. The molecule has 5 heteroatoms. The van der Waals surface area contributed by atoms with Gasteiger partial charge in [-0.2, -0.15) is 0 Å². The molecular formula is C19H13BrClNO2. The van der Waals surface area contributed by atoms with Gasteiger partial charge in [-0.05, 0) is 35.9 Å². The highest BCUT2D eigenvalue weighted by molar-refractivity contribution is 9.10. The number of benzene rings is 2. The van der Waals surface area contributed by atoms with Crippen molar-refractivity contribution in [3.05, 3.63) is 99.2 Å². The molecule has 0 aliphatic rings. The fraction of sp³-hybridized carbons (Fsp3) is 0.0526. The first-order chi connectivity index (χ1) is 11.6. The van der Waals surface area contributed by atoms with Crippen molar-refractivity contribution in [2.75, 3.05) is 0 Å². The molecule has 0 aliphatic carbocycles. The summed E-state index contributed by atoms with van der Waals surface area (Å²) < 4.78 is 6.50. The van der Waals surface area contributed by atoms with Gasteiger partial charge in [0.15, 0.2) is 6.10 Å². The van der Waals surface area contributed by atoms with Gasteiger partial charge in [-0.3, -0.25) is 4.98 Å². The molecule has 0 fully saturated rings. The van der Waals surface area contributed by atoms with Crippen LogP contribution in [0.2, 0.25) is 5.02 Å². The lowest BCUT2D eigenvalue weighted by molar-refractivity contribution is 0.0371. The lowest BCUT2D eigenvalue weighted by atomic mass is 10.1. The molecule has 0 radical (unpaired) electrons. The van der Waals surface area contributed by atoms with Crippen LogP contribution in [0.15, 0.2) is 77.4 Å². The maximum absolute atomic E-state index is 12.6. The van der Waals surface area contributed by atoms with Crippen LogP contribution in [-0.4, -0.2) is 11.0 Å². The van der Waals surface area contributed by atoms with Crippen molar-refractivity contribution in [3.63, 3.8) is 0 Å². The minimum atomic E-state index is -0.602. The Labute approximate surface area is 153 Å². The van der Waals surface area contributed by atoms with E-state index in [4.69, 9.17) is 16.3 Å². The van der Waals surface area contributed by atoms with E-state index in [1.165, 1.54) is 0 Å². The van der Waals surface area contributed by atoms with Gasteiger partial charge in [-0.15, -0.1) is 0 Å². The highest BCUT2D eigenvalue weighted by Gasteiger charge is 2.22. The average molecular weight is 403 g/mol. The third kappa shape index (κ3) is 3.83. The van der Waals surface area contributed by atoms with E-state index in [1.54, 1.807) is 24.4 Å². The monoisotopic (exact) mass is 401 g/mol. The summed E-state index contributed by atoms with van der Waals surface area (Å²) in [4.78, 5) is 16.9. The summed E-state index contributed by atoms with van der Waals surface area (Å²) in [5.74, 6) is -0.499. The number of halogens is 2. The largest absolute Gasteiger partial charge is 0.447 e. The Morgan fingerprint density at radius 3 is 2.50 bits per heavy atom. The number of aromatic nitrogens is 1. The highest BCUT2D eigenvalue weighted by Crippen LogP contribution is 2.28. The Hall–Kier alpha value is -2.17. The fourth-order valence-corrected chi connectivity index (χ4v) is 2.84. The van der Waals surface area contributed by atoms with Crippen molar-refractivity contribution in [1.82, 2.24) is 4.98 Å². The topological polar surface area (TPSA) is 39.2 Å². The second-order valence-corrected chi connectivity index (χ2v) is 6.40. The number of carbonyl (C=O) groups excluding carboxylic acids is 1. The van der Waals surface area contributed by atoms with Crippen molar-refractivity contribution in [2.45, 2.75) is 6.10 Å². The van der Waals surface area contributed by atoms with Gasteiger partial charge in [0.1, 0.15) is 0 Å². The molecule has 2 aromatic carbocycles. The first kappa shape index (κ1) is 16.7. The standard InChI is InChI=1S/C19H13BrClNO2/c20-14-9-10-16(21)15(12-14)19(23)24-18(13-6-2-1-3-7-13)17-8-4-5-11-22-17/h1-12,18H. The smallest absolute Gasteiger partial charge is 0.340 e. The maximum Gasteiger partial charge on any atom is 0.340 e. The maximum atomic E-state index is 12.6. The van der Waals surface area contributed by atoms with Crippen LogP contribution in [0.5, 0.6) is 0 Å². The molecule has 0 amide bonds. The number of ether oxygens (including phenoxy) is 1. The van der Waals surface area contributed by atoms with Crippen LogP contribution in [0.4, 0.5) is 0 Å². The zero-order valence-electron chi connectivity index (χ0n) is 12.5. The number of hydrogen-bond donors (Lipinski definition) is 0. The SMILES string of the molecule is O=C(OC(c1ccccc1)c1ccccn1)c1cc(Br)ccc1Cl. The Morgan fingerprint density at radius 2 is 1.79 bits per heavy atom. The van der Waals surface area contributed by atoms with E-state index in [0.29, 0.717) is 16.3 Å². The van der Waals surface area contributed by atoms with Crippen LogP contribution in [0, 0.1) is 0 Å². The molecule has 0 aliphatic heterocycles.